The summed E-state index contributed by atoms with van der Waals surface area (Å²) in [5.41, 5.74) is 0.512. The average Bonchev–Trinajstić information content (AvgIpc) is 2.48. The normalized spacial score (nSPS) is 12.0. The molecule has 6 heteroatoms. The van der Waals surface area contributed by atoms with E-state index < -0.39 is 11.9 Å². The molecule has 21 heavy (non-hydrogen) atoms. The van der Waals surface area contributed by atoms with Crippen LogP contribution >= 0.6 is 11.6 Å². The number of halogens is 3. The standard InChI is InChI=1S/C15H14ClF2NO2/c16-14-6-3-11(7-15(14)18)19-8-12(20)9-21-13-4-1-10(17)2-5-13/h1-7,12,19-20H,8-9H2. The molecule has 0 amide bonds. The minimum Gasteiger partial charge on any atom is -0.491 e. The SMILES string of the molecule is OC(CNc1ccc(Cl)c(F)c1)COc1ccc(F)cc1. The van der Waals surface area contributed by atoms with Crippen LogP contribution in [0.4, 0.5) is 14.5 Å². The summed E-state index contributed by atoms with van der Waals surface area (Å²) < 4.78 is 31.2. The molecule has 0 radical (unpaired) electrons. The summed E-state index contributed by atoms with van der Waals surface area (Å²) in [5.74, 6) is -0.416. The lowest BCUT2D eigenvalue weighted by Crippen LogP contribution is -2.26. The smallest absolute Gasteiger partial charge is 0.143 e. The van der Waals surface area contributed by atoms with E-state index >= 15 is 0 Å². The third-order valence-electron chi connectivity index (χ3n) is 2.72. The van der Waals surface area contributed by atoms with Crippen LogP contribution in [0, 0.1) is 11.6 Å². The summed E-state index contributed by atoms with van der Waals surface area (Å²) in [4.78, 5) is 0. The minimum absolute atomic E-state index is 0.0364. The van der Waals surface area contributed by atoms with Gasteiger partial charge in [0.25, 0.3) is 0 Å². The first-order valence-corrected chi connectivity index (χ1v) is 6.68. The van der Waals surface area contributed by atoms with Gasteiger partial charge in [-0.3, -0.25) is 0 Å². The lowest BCUT2D eigenvalue weighted by Gasteiger charge is -2.14. The number of aliphatic hydroxyl groups excluding tert-OH is 1. The Morgan fingerprint density at radius 1 is 1.14 bits per heavy atom. The Kier molecular flexibility index (Phi) is 5.36. The lowest BCUT2D eigenvalue weighted by molar-refractivity contribution is 0.117. The molecular formula is C15H14ClF2NO2. The van der Waals surface area contributed by atoms with E-state index in [1.807, 2.05) is 0 Å². The van der Waals surface area contributed by atoms with Gasteiger partial charge in [0, 0.05) is 12.2 Å². The molecule has 1 unspecified atom stereocenters. The fourth-order valence-electron chi connectivity index (χ4n) is 1.62. The molecule has 0 saturated carbocycles. The van der Waals surface area contributed by atoms with E-state index in [1.165, 1.54) is 36.4 Å². The number of benzene rings is 2. The van der Waals surface area contributed by atoms with Gasteiger partial charge in [-0.1, -0.05) is 11.6 Å². The molecule has 0 fully saturated rings. The zero-order valence-corrected chi connectivity index (χ0v) is 11.8. The van der Waals surface area contributed by atoms with Gasteiger partial charge in [-0.05, 0) is 42.5 Å². The number of hydrogen-bond acceptors (Lipinski definition) is 3. The molecule has 0 aliphatic carbocycles. The number of ether oxygens (including phenoxy) is 1. The van der Waals surface area contributed by atoms with Crippen LogP contribution in [0.2, 0.25) is 5.02 Å². The Bertz CT molecular complexity index is 593. The Hall–Kier alpha value is -1.85. The van der Waals surface area contributed by atoms with Crippen molar-refractivity contribution < 1.29 is 18.6 Å². The maximum Gasteiger partial charge on any atom is 0.143 e. The minimum atomic E-state index is -0.797. The van der Waals surface area contributed by atoms with Gasteiger partial charge >= 0.3 is 0 Å². The molecule has 2 rings (SSSR count). The van der Waals surface area contributed by atoms with Crippen LogP contribution < -0.4 is 10.1 Å². The van der Waals surface area contributed by atoms with Gasteiger partial charge < -0.3 is 15.2 Å². The van der Waals surface area contributed by atoms with Gasteiger partial charge in [0.2, 0.25) is 0 Å². The topological polar surface area (TPSA) is 41.5 Å². The van der Waals surface area contributed by atoms with Gasteiger partial charge in [0.05, 0.1) is 5.02 Å². The van der Waals surface area contributed by atoms with Crippen LogP contribution in [0.15, 0.2) is 42.5 Å². The number of rotatable bonds is 6. The van der Waals surface area contributed by atoms with Gasteiger partial charge in [-0.15, -0.1) is 0 Å². The molecular weight excluding hydrogens is 300 g/mol. The second kappa shape index (κ2) is 7.24. The van der Waals surface area contributed by atoms with Crippen LogP contribution in [0.1, 0.15) is 0 Å². The number of aliphatic hydroxyl groups is 1. The lowest BCUT2D eigenvalue weighted by atomic mass is 10.3. The van der Waals surface area contributed by atoms with Gasteiger partial charge in [0.15, 0.2) is 0 Å². The first kappa shape index (κ1) is 15.5. The summed E-state index contributed by atoms with van der Waals surface area (Å²) in [6.45, 7) is 0.219. The van der Waals surface area contributed by atoms with Crippen molar-refractivity contribution in [1.82, 2.24) is 0 Å². The predicted octanol–water partition coefficient (Wildman–Crippen LogP) is 3.47. The van der Waals surface area contributed by atoms with E-state index in [9.17, 15) is 13.9 Å². The molecule has 112 valence electrons. The molecule has 2 N–H and O–H groups in total. The maximum absolute atomic E-state index is 13.2. The van der Waals surface area contributed by atoms with E-state index in [0.717, 1.165) is 0 Å². The van der Waals surface area contributed by atoms with E-state index in [-0.39, 0.29) is 24.0 Å². The molecule has 3 nitrogen and oxygen atoms in total. The number of nitrogens with one attached hydrogen (secondary N) is 1. The van der Waals surface area contributed by atoms with Crippen LogP contribution in [0.5, 0.6) is 5.75 Å². The van der Waals surface area contributed by atoms with E-state index in [1.54, 1.807) is 6.07 Å². The van der Waals surface area contributed by atoms with Crippen molar-refractivity contribution in [3.63, 3.8) is 0 Å². The molecule has 2 aromatic rings. The van der Waals surface area contributed by atoms with Crippen molar-refractivity contribution in [3.05, 3.63) is 59.1 Å². The predicted molar refractivity (Wildman–Crippen MR) is 77.8 cm³/mol. The molecule has 0 heterocycles. The Labute approximate surface area is 126 Å². The van der Waals surface area contributed by atoms with Crippen LogP contribution in [0.25, 0.3) is 0 Å². The van der Waals surface area contributed by atoms with Crippen molar-refractivity contribution >= 4 is 17.3 Å². The second-order valence-electron chi connectivity index (χ2n) is 4.43. The summed E-state index contributed by atoms with van der Waals surface area (Å²) in [5, 5.41) is 12.7. The molecule has 1 atom stereocenters. The summed E-state index contributed by atoms with van der Waals surface area (Å²) in [6, 6.07) is 9.79. The fraction of sp³-hybridized carbons (Fsp3) is 0.200. The van der Waals surface area contributed by atoms with Crippen molar-refractivity contribution in [1.29, 1.82) is 0 Å². The third-order valence-corrected chi connectivity index (χ3v) is 3.02. The first-order chi connectivity index (χ1) is 10.0. The Balaban J connectivity index is 1.77. The Morgan fingerprint density at radius 3 is 2.52 bits per heavy atom. The molecule has 0 bridgehead atoms. The highest BCUT2D eigenvalue weighted by molar-refractivity contribution is 6.30. The van der Waals surface area contributed by atoms with Gasteiger partial charge in [-0.25, -0.2) is 8.78 Å². The van der Waals surface area contributed by atoms with Crippen molar-refractivity contribution in [2.45, 2.75) is 6.10 Å². The highest BCUT2D eigenvalue weighted by atomic mass is 35.5. The van der Waals surface area contributed by atoms with Crippen LogP contribution in [0.3, 0.4) is 0 Å². The quantitative estimate of drug-likeness (QED) is 0.858. The number of anilines is 1. The highest BCUT2D eigenvalue weighted by Crippen LogP contribution is 2.18. The zero-order chi connectivity index (χ0) is 15.2. The number of hydrogen-bond donors (Lipinski definition) is 2. The summed E-state index contributed by atoms with van der Waals surface area (Å²) >= 11 is 5.57. The molecule has 0 aromatic heterocycles. The van der Waals surface area contributed by atoms with Crippen molar-refractivity contribution in [3.8, 4) is 5.75 Å². The fourth-order valence-corrected chi connectivity index (χ4v) is 1.74. The second-order valence-corrected chi connectivity index (χ2v) is 4.84. The zero-order valence-electron chi connectivity index (χ0n) is 11.0. The highest BCUT2D eigenvalue weighted by Gasteiger charge is 2.07. The van der Waals surface area contributed by atoms with E-state index in [4.69, 9.17) is 16.3 Å². The van der Waals surface area contributed by atoms with Crippen LogP contribution in [-0.4, -0.2) is 24.4 Å². The monoisotopic (exact) mass is 313 g/mol. The van der Waals surface area contributed by atoms with Crippen molar-refractivity contribution in [2.75, 3.05) is 18.5 Å². The molecule has 0 saturated heterocycles. The molecule has 2 aromatic carbocycles. The van der Waals surface area contributed by atoms with Crippen molar-refractivity contribution in [2.24, 2.45) is 0 Å². The van der Waals surface area contributed by atoms with Gasteiger partial charge in [-0.2, -0.15) is 0 Å². The van der Waals surface area contributed by atoms with Crippen LogP contribution in [-0.2, 0) is 0 Å². The molecule has 0 aliphatic heterocycles. The first-order valence-electron chi connectivity index (χ1n) is 6.30. The van der Waals surface area contributed by atoms with E-state index in [2.05, 4.69) is 5.32 Å². The third kappa shape index (κ3) is 4.88. The van der Waals surface area contributed by atoms with Gasteiger partial charge in [0.1, 0.15) is 30.1 Å². The maximum atomic E-state index is 13.2. The summed E-state index contributed by atoms with van der Waals surface area (Å²) in [6.07, 6.45) is -0.797. The molecule has 0 aliphatic rings. The largest absolute Gasteiger partial charge is 0.491 e. The Morgan fingerprint density at radius 2 is 1.86 bits per heavy atom. The average molecular weight is 314 g/mol. The summed E-state index contributed by atoms with van der Waals surface area (Å²) in [7, 11) is 0. The van der Waals surface area contributed by atoms with E-state index in [0.29, 0.717) is 11.4 Å². The molecule has 0 spiro atoms.